The van der Waals surface area contributed by atoms with Crippen LogP contribution in [0.1, 0.15) is 17.1 Å². The van der Waals surface area contributed by atoms with Crippen molar-refractivity contribution >= 4 is 39.3 Å². The Hall–Kier alpha value is -2.26. The van der Waals surface area contributed by atoms with Crippen molar-refractivity contribution in [1.29, 1.82) is 0 Å². The molecule has 0 aromatic carbocycles. The summed E-state index contributed by atoms with van der Waals surface area (Å²) < 4.78 is 7.40. The molecule has 0 unspecified atom stereocenters. The van der Waals surface area contributed by atoms with Crippen LogP contribution in [0.25, 0.3) is 5.65 Å². The van der Waals surface area contributed by atoms with E-state index in [1.54, 1.807) is 18.3 Å². The summed E-state index contributed by atoms with van der Waals surface area (Å²) in [5.41, 5.74) is 2.35. The zero-order valence-electron chi connectivity index (χ0n) is 14.1. The minimum Gasteiger partial charge on any atom is -0.459 e. The Balaban J connectivity index is 1.61. The zero-order chi connectivity index (χ0) is 18.7. The number of aryl methyl sites for hydroxylation is 2. The maximum atomic E-state index is 12.1. The van der Waals surface area contributed by atoms with Crippen LogP contribution in [0.5, 0.6) is 0 Å². The predicted octanol–water partition coefficient (Wildman–Crippen LogP) is 2.70. The Kier molecular flexibility index (Phi) is 5.67. The standard InChI is InChI=1S/C17H15BrN4O3S/c1-10-5-11(2)20-17(19-10)26-9-16(24)25-8-13-6-15(23)22-7-12(18)3-4-14(22)21-13/h3-7H,8-9H2,1-2H3. The van der Waals surface area contributed by atoms with Crippen molar-refractivity contribution in [3.8, 4) is 0 Å². The van der Waals surface area contributed by atoms with E-state index in [0.717, 1.165) is 15.9 Å². The molecule has 0 radical (unpaired) electrons. The lowest BCUT2D eigenvalue weighted by atomic mass is 10.4. The first-order chi connectivity index (χ1) is 12.4. The normalized spacial score (nSPS) is 10.9. The number of hydrogen-bond acceptors (Lipinski definition) is 7. The molecule has 0 saturated heterocycles. The van der Waals surface area contributed by atoms with Crippen LogP contribution in [0.4, 0.5) is 0 Å². The van der Waals surface area contributed by atoms with Gasteiger partial charge in [0.2, 0.25) is 0 Å². The summed E-state index contributed by atoms with van der Waals surface area (Å²) in [6, 6.07) is 6.72. The van der Waals surface area contributed by atoms with Gasteiger partial charge in [0.1, 0.15) is 12.3 Å². The van der Waals surface area contributed by atoms with E-state index in [1.165, 1.54) is 22.2 Å². The summed E-state index contributed by atoms with van der Waals surface area (Å²) in [5.74, 6) is -0.335. The van der Waals surface area contributed by atoms with Gasteiger partial charge in [-0.2, -0.15) is 0 Å². The van der Waals surface area contributed by atoms with Crippen LogP contribution in [0.3, 0.4) is 0 Å². The predicted molar refractivity (Wildman–Crippen MR) is 101 cm³/mol. The van der Waals surface area contributed by atoms with E-state index in [0.29, 0.717) is 16.5 Å². The van der Waals surface area contributed by atoms with E-state index in [4.69, 9.17) is 4.74 Å². The topological polar surface area (TPSA) is 86.5 Å². The highest BCUT2D eigenvalue weighted by Crippen LogP contribution is 2.14. The number of halogens is 1. The lowest BCUT2D eigenvalue weighted by Crippen LogP contribution is -2.17. The number of fused-ring (bicyclic) bond motifs is 1. The maximum absolute atomic E-state index is 12.1. The monoisotopic (exact) mass is 434 g/mol. The number of pyridine rings is 1. The molecule has 7 nitrogen and oxygen atoms in total. The van der Waals surface area contributed by atoms with Crippen LogP contribution in [0.15, 0.2) is 44.9 Å². The van der Waals surface area contributed by atoms with Gasteiger partial charge in [-0.1, -0.05) is 11.8 Å². The van der Waals surface area contributed by atoms with Crippen molar-refractivity contribution in [2.45, 2.75) is 25.6 Å². The van der Waals surface area contributed by atoms with Crippen LogP contribution in [-0.4, -0.2) is 31.1 Å². The van der Waals surface area contributed by atoms with Gasteiger partial charge >= 0.3 is 5.97 Å². The Bertz CT molecular complexity index is 1020. The summed E-state index contributed by atoms with van der Waals surface area (Å²) >= 11 is 4.52. The van der Waals surface area contributed by atoms with Crippen LogP contribution in [0.2, 0.25) is 0 Å². The molecule has 26 heavy (non-hydrogen) atoms. The fraction of sp³-hybridized carbons (Fsp3) is 0.235. The first-order valence-corrected chi connectivity index (χ1v) is 9.47. The third kappa shape index (κ3) is 4.67. The molecule has 0 aliphatic rings. The number of ether oxygens (including phenoxy) is 1. The first kappa shape index (κ1) is 18.5. The van der Waals surface area contributed by atoms with Crippen LogP contribution in [-0.2, 0) is 16.1 Å². The number of hydrogen-bond donors (Lipinski definition) is 0. The lowest BCUT2D eigenvalue weighted by molar-refractivity contribution is -0.141. The summed E-state index contributed by atoms with van der Waals surface area (Å²) in [6.45, 7) is 3.69. The minimum atomic E-state index is -0.421. The van der Waals surface area contributed by atoms with Gasteiger partial charge in [0, 0.05) is 28.1 Å². The Morgan fingerprint density at radius 1 is 1.19 bits per heavy atom. The molecule has 0 N–H and O–H groups in total. The molecule has 3 rings (SSSR count). The van der Waals surface area contributed by atoms with Gasteiger partial charge in [0.25, 0.3) is 5.56 Å². The molecule has 0 atom stereocenters. The molecular formula is C17H15BrN4O3S. The quantitative estimate of drug-likeness (QED) is 0.346. The second-order valence-corrected chi connectivity index (χ2v) is 7.40. The highest BCUT2D eigenvalue weighted by atomic mass is 79.9. The number of carbonyl (C=O) groups excluding carboxylic acids is 1. The number of nitrogens with zero attached hydrogens (tertiary/aromatic N) is 4. The summed E-state index contributed by atoms with van der Waals surface area (Å²) in [5, 5.41) is 0.534. The van der Waals surface area contributed by atoms with E-state index in [2.05, 4.69) is 30.9 Å². The SMILES string of the molecule is Cc1cc(C)nc(SCC(=O)OCc2cc(=O)n3cc(Br)ccc3n2)n1. The van der Waals surface area contributed by atoms with Crippen molar-refractivity contribution < 1.29 is 9.53 Å². The van der Waals surface area contributed by atoms with Gasteiger partial charge in [-0.25, -0.2) is 15.0 Å². The van der Waals surface area contributed by atoms with E-state index >= 15 is 0 Å². The van der Waals surface area contributed by atoms with Crippen molar-refractivity contribution in [2.24, 2.45) is 0 Å². The Morgan fingerprint density at radius 2 is 1.92 bits per heavy atom. The second kappa shape index (κ2) is 7.96. The average molecular weight is 435 g/mol. The molecule has 0 aliphatic carbocycles. The Morgan fingerprint density at radius 3 is 2.65 bits per heavy atom. The largest absolute Gasteiger partial charge is 0.459 e. The average Bonchev–Trinajstić information content (AvgIpc) is 2.58. The number of esters is 1. The molecule has 134 valence electrons. The fourth-order valence-electron chi connectivity index (χ4n) is 2.28. The van der Waals surface area contributed by atoms with Crippen LogP contribution in [0, 0.1) is 13.8 Å². The van der Waals surface area contributed by atoms with Gasteiger partial charge in [-0.05, 0) is 48.0 Å². The van der Waals surface area contributed by atoms with Gasteiger partial charge in [-0.3, -0.25) is 14.0 Å². The van der Waals surface area contributed by atoms with E-state index < -0.39 is 5.97 Å². The molecule has 0 fully saturated rings. The first-order valence-electron chi connectivity index (χ1n) is 7.69. The third-order valence-corrected chi connectivity index (χ3v) is 4.63. The molecule has 0 amide bonds. The van der Waals surface area contributed by atoms with Crippen LogP contribution >= 0.6 is 27.7 Å². The third-order valence-electron chi connectivity index (χ3n) is 3.34. The lowest BCUT2D eigenvalue weighted by Gasteiger charge is -2.06. The van der Waals surface area contributed by atoms with E-state index in [9.17, 15) is 9.59 Å². The molecular weight excluding hydrogens is 420 g/mol. The molecule has 3 heterocycles. The zero-order valence-corrected chi connectivity index (χ0v) is 16.5. The minimum absolute atomic E-state index is 0.0606. The van der Waals surface area contributed by atoms with Gasteiger partial charge in [0.05, 0.1) is 11.4 Å². The highest BCUT2D eigenvalue weighted by Gasteiger charge is 2.09. The molecule has 0 aliphatic heterocycles. The van der Waals surface area contributed by atoms with Crippen molar-refractivity contribution in [3.63, 3.8) is 0 Å². The summed E-state index contributed by atoms with van der Waals surface area (Å²) in [7, 11) is 0. The van der Waals surface area contributed by atoms with Gasteiger partial charge in [-0.15, -0.1) is 0 Å². The van der Waals surface area contributed by atoms with Crippen molar-refractivity contribution in [1.82, 2.24) is 19.4 Å². The fourth-order valence-corrected chi connectivity index (χ4v) is 3.36. The molecule has 0 spiro atoms. The van der Waals surface area contributed by atoms with E-state index in [-0.39, 0.29) is 17.9 Å². The maximum Gasteiger partial charge on any atom is 0.316 e. The summed E-state index contributed by atoms with van der Waals surface area (Å²) in [4.78, 5) is 36.9. The smallest absolute Gasteiger partial charge is 0.316 e. The highest BCUT2D eigenvalue weighted by molar-refractivity contribution is 9.10. The number of thioether (sulfide) groups is 1. The number of rotatable bonds is 5. The molecule has 0 bridgehead atoms. The van der Waals surface area contributed by atoms with Crippen molar-refractivity contribution in [2.75, 3.05) is 5.75 Å². The number of carbonyl (C=O) groups is 1. The summed E-state index contributed by atoms with van der Waals surface area (Å²) in [6.07, 6.45) is 1.64. The molecule has 9 heteroatoms. The van der Waals surface area contributed by atoms with Crippen LogP contribution < -0.4 is 5.56 Å². The second-order valence-electron chi connectivity index (χ2n) is 5.54. The van der Waals surface area contributed by atoms with Crippen molar-refractivity contribution in [3.05, 3.63) is 62.4 Å². The van der Waals surface area contributed by atoms with E-state index in [1.807, 2.05) is 19.9 Å². The van der Waals surface area contributed by atoms with Gasteiger partial charge < -0.3 is 4.74 Å². The van der Waals surface area contributed by atoms with Gasteiger partial charge in [0.15, 0.2) is 5.16 Å². The molecule has 3 aromatic rings. The Labute approximate surface area is 162 Å². The number of aromatic nitrogens is 4. The molecule has 3 aromatic heterocycles. The molecule has 0 saturated carbocycles.